The summed E-state index contributed by atoms with van der Waals surface area (Å²) in [6.45, 7) is 17.4. The van der Waals surface area contributed by atoms with Crippen molar-refractivity contribution in [3.05, 3.63) is 275 Å². The van der Waals surface area contributed by atoms with E-state index >= 15 is 0 Å². The first-order valence-corrected chi connectivity index (χ1v) is 28.9. The van der Waals surface area contributed by atoms with Crippen molar-refractivity contribution in [3.8, 4) is 95.9 Å². The predicted molar refractivity (Wildman–Crippen MR) is 351 cm³/mol. The average Bonchev–Trinajstić information content (AvgIpc) is 2.13. The first-order valence-electron chi connectivity index (χ1n) is 28.9. The summed E-state index contributed by atoms with van der Waals surface area (Å²) in [4.78, 5) is 10.8. The largest absolute Gasteiger partial charge is 0.307 e. The number of aromatic nitrogens is 4. The molecule has 5 nitrogen and oxygen atoms in total. The van der Waals surface area contributed by atoms with E-state index in [4.69, 9.17) is 9.97 Å². The molecule has 0 aliphatic rings. The molecule has 0 aliphatic carbocycles. The number of aryl methyl sites for hydroxylation is 8. The highest BCUT2D eigenvalue weighted by atomic mass is 15.1. The van der Waals surface area contributed by atoms with Gasteiger partial charge in [0.15, 0.2) is 5.82 Å². The van der Waals surface area contributed by atoms with Gasteiger partial charge in [0.2, 0.25) is 0 Å². The van der Waals surface area contributed by atoms with Gasteiger partial charge in [0.25, 0.3) is 0 Å². The van der Waals surface area contributed by atoms with Gasteiger partial charge in [-0.1, -0.05) is 202 Å². The Kier molecular flexibility index (Phi) is 12.6. The number of nitrogens with zero attached hydrogens (tertiary/aromatic N) is 5. The van der Waals surface area contributed by atoms with Gasteiger partial charge < -0.3 is 9.13 Å². The van der Waals surface area contributed by atoms with Crippen LogP contribution in [0, 0.1) is 66.7 Å². The number of rotatable bonds is 9. The molecule has 3 aromatic heterocycles. The van der Waals surface area contributed by atoms with Gasteiger partial charge in [0.05, 0.1) is 56.5 Å². The van der Waals surface area contributed by atoms with Gasteiger partial charge in [-0.3, -0.25) is 0 Å². The minimum absolute atomic E-state index is 0.460. The van der Waals surface area contributed by atoms with Crippen LogP contribution in [0.4, 0.5) is 0 Å². The van der Waals surface area contributed by atoms with Crippen molar-refractivity contribution in [2.45, 2.75) is 55.4 Å². The fourth-order valence-electron chi connectivity index (χ4n) is 13.1. The van der Waals surface area contributed by atoms with Crippen LogP contribution < -0.4 is 0 Å². The zero-order chi connectivity index (χ0) is 57.5. The second-order valence-corrected chi connectivity index (χ2v) is 23.3. The molecule has 0 N–H and O–H groups in total. The van der Waals surface area contributed by atoms with Crippen molar-refractivity contribution in [1.29, 1.82) is 5.26 Å². The molecule has 0 amide bonds. The summed E-state index contributed by atoms with van der Waals surface area (Å²) >= 11 is 0. The number of hydrogen-bond donors (Lipinski definition) is 0. The molecule has 0 radical (unpaired) electrons. The molecule has 5 heteroatoms. The quantitative estimate of drug-likeness (QED) is 0.145. The fourth-order valence-corrected chi connectivity index (χ4v) is 13.1. The maximum atomic E-state index is 11.7. The SMILES string of the molecule is Cc1cc(C)cc(-c2ccc3c(c2)c2cc(-c4cc(C)cc(C)c4)ccc2n3-c2cc(C#N)c(-c3nc(-c4ccccc4)cc(-c4ccccc4)n3)cc2-n2c3ccc(-c4cc(C)cc(C)c4)cc3c3cc(-c4cc(C)cc(C)c4)ccc32)c1. The Morgan fingerprint density at radius 1 is 0.286 bits per heavy atom. The van der Waals surface area contributed by atoms with Crippen LogP contribution in [0.5, 0.6) is 0 Å². The Morgan fingerprint density at radius 3 is 0.881 bits per heavy atom. The lowest BCUT2D eigenvalue weighted by Crippen LogP contribution is -2.06. The van der Waals surface area contributed by atoms with Gasteiger partial charge in [-0.05, 0) is 167 Å². The monoisotopic (exact) mass is 1080 g/mol. The molecule has 3 heterocycles. The van der Waals surface area contributed by atoms with Crippen molar-refractivity contribution < 1.29 is 0 Å². The van der Waals surface area contributed by atoms with Gasteiger partial charge in [-0.25, -0.2) is 9.97 Å². The summed E-state index contributed by atoms with van der Waals surface area (Å²) in [6.07, 6.45) is 0. The highest BCUT2D eigenvalue weighted by molar-refractivity contribution is 6.14. The zero-order valence-electron chi connectivity index (χ0n) is 48.6. The first kappa shape index (κ1) is 51.7. The maximum Gasteiger partial charge on any atom is 0.161 e. The molecular formula is C79H61N5. The Labute approximate surface area is 491 Å². The van der Waals surface area contributed by atoms with Gasteiger partial charge >= 0.3 is 0 Å². The highest BCUT2D eigenvalue weighted by Gasteiger charge is 2.26. The molecule has 402 valence electrons. The number of hydrogen-bond acceptors (Lipinski definition) is 3. The van der Waals surface area contributed by atoms with Gasteiger partial charge in [-0.15, -0.1) is 0 Å². The lowest BCUT2D eigenvalue weighted by molar-refractivity contribution is 1.09. The Balaban J connectivity index is 1.12. The van der Waals surface area contributed by atoms with Crippen LogP contribution >= 0.6 is 0 Å². The molecule has 0 bridgehead atoms. The molecule has 0 aliphatic heterocycles. The third kappa shape index (κ3) is 9.32. The first-order chi connectivity index (χ1) is 40.8. The molecular weight excluding hydrogens is 1020 g/mol. The van der Waals surface area contributed by atoms with E-state index in [-0.39, 0.29) is 0 Å². The molecule has 84 heavy (non-hydrogen) atoms. The van der Waals surface area contributed by atoms with Crippen LogP contribution in [-0.4, -0.2) is 19.1 Å². The van der Waals surface area contributed by atoms with E-state index in [0.717, 1.165) is 99.8 Å². The third-order valence-corrected chi connectivity index (χ3v) is 16.6. The zero-order valence-corrected chi connectivity index (χ0v) is 48.6. The van der Waals surface area contributed by atoms with Crippen LogP contribution in [-0.2, 0) is 0 Å². The Bertz CT molecular complexity index is 4690. The van der Waals surface area contributed by atoms with Gasteiger partial charge in [0.1, 0.15) is 0 Å². The second-order valence-electron chi connectivity index (χ2n) is 23.3. The summed E-state index contributed by atoms with van der Waals surface area (Å²) in [5.41, 5.74) is 29.5. The smallest absolute Gasteiger partial charge is 0.161 e. The molecule has 0 spiro atoms. The highest BCUT2D eigenvalue weighted by Crippen LogP contribution is 2.45. The molecule has 14 rings (SSSR count). The van der Waals surface area contributed by atoms with Gasteiger partial charge in [0, 0.05) is 38.2 Å². The van der Waals surface area contributed by atoms with Crippen molar-refractivity contribution in [1.82, 2.24) is 19.1 Å². The van der Waals surface area contributed by atoms with Crippen LogP contribution in [0.1, 0.15) is 50.1 Å². The van der Waals surface area contributed by atoms with Crippen LogP contribution in [0.15, 0.2) is 224 Å². The van der Waals surface area contributed by atoms with Crippen LogP contribution in [0.25, 0.3) is 133 Å². The topological polar surface area (TPSA) is 59.4 Å². The normalized spacial score (nSPS) is 11.6. The van der Waals surface area contributed by atoms with Crippen molar-refractivity contribution >= 4 is 43.6 Å². The summed E-state index contributed by atoms with van der Waals surface area (Å²) in [6, 6.07) is 84.4. The minimum Gasteiger partial charge on any atom is -0.307 e. The van der Waals surface area contributed by atoms with Crippen molar-refractivity contribution in [2.75, 3.05) is 0 Å². The molecule has 0 unspecified atom stereocenters. The van der Waals surface area contributed by atoms with Crippen molar-refractivity contribution in [3.63, 3.8) is 0 Å². The number of nitriles is 1. The lowest BCUT2D eigenvalue weighted by Gasteiger charge is -2.20. The maximum absolute atomic E-state index is 11.7. The molecule has 0 saturated carbocycles. The molecule has 0 atom stereocenters. The van der Waals surface area contributed by atoms with E-state index in [1.807, 2.05) is 36.4 Å². The average molecular weight is 1080 g/mol. The minimum atomic E-state index is 0.460. The summed E-state index contributed by atoms with van der Waals surface area (Å²) in [7, 11) is 0. The Hall–Kier alpha value is -10.4. The molecule has 0 saturated heterocycles. The van der Waals surface area contributed by atoms with E-state index in [2.05, 4.69) is 259 Å². The van der Waals surface area contributed by atoms with Crippen molar-refractivity contribution in [2.24, 2.45) is 0 Å². The van der Waals surface area contributed by atoms with E-state index in [1.165, 1.54) is 66.8 Å². The molecule has 0 fully saturated rings. The Morgan fingerprint density at radius 2 is 0.583 bits per heavy atom. The van der Waals surface area contributed by atoms with E-state index in [1.54, 1.807) is 0 Å². The standard InChI is InChI=1S/C79H61N5/c1-47-27-48(2)32-61(31-47)57-19-23-73-67(39-57)68-40-58(62-33-49(3)28-50(4)34-62)20-24-74(68)83(73)77-43-65(46-80)66(79-81-71(55-15-11-9-12-16-55)45-72(82-79)56-17-13-10-14-18-56)44-78(77)84-75-25-21-59(63-35-51(5)29-52(6)36-63)41-69(75)70-42-60(22-26-76(70)84)64-37-53(7)30-54(8)38-64/h9-45H,1-8H3. The van der Waals surface area contributed by atoms with E-state index < -0.39 is 0 Å². The fraction of sp³-hybridized carbons (Fsp3) is 0.101. The van der Waals surface area contributed by atoms with Gasteiger partial charge in [-0.2, -0.15) is 5.26 Å². The van der Waals surface area contributed by atoms with Crippen LogP contribution in [0.2, 0.25) is 0 Å². The molecule has 11 aromatic carbocycles. The predicted octanol–water partition coefficient (Wildman–Crippen LogP) is 20.7. The number of benzene rings is 11. The summed E-state index contributed by atoms with van der Waals surface area (Å²) < 4.78 is 4.81. The number of fused-ring (bicyclic) bond motifs is 6. The summed E-state index contributed by atoms with van der Waals surface area (Å²) in [5, 5.41) is 16.2. The third-order valence-electron chi connectivity index (χ3n) is 16.6. The molecule has 14 aromatic rings. The summed E-state index contributed by atoms with van der Waals surface area (Å²) in [5.74, 6) is 0.466. The second kappa shape index (κ2) is 20.5. The van der Waals surface area contributed by atoms with Crippen LogP contribution in [0.3, 0.4) is 0 Å². The van der Waals surface area contributed by atoms with E-state index in [9.17, 15) is 5.26 Å². The van der Waals surface area contributed by atoms with E-state index in [0.29, 0.717) is 17.0 Å². The lowest BCUT2D eigenvalue weighted by atomic mass is 9.97.